The summed E-state index contributed by atoms with van der Waals surface area (Å²) in [6.45, 7) is 2.02. The molecule has 1 unspecified atom stereocenters. The highest BCUT2D eigenvalue weighted by molar-refractivity contribution is 7.98. The van der Waals surface area contributed by atoms with Crippen LogP contribution < -0.4 is 10.1 Å². The third-order valence-electron chi connectivity index (χ3n) is 2.81. The second-order valence-corrected chi connectivity index (χ2v) is 5.44. The number of carboxylic acids is 1. The molecular formula is C14H19NO4S. The van der Waals surface area contributed by atoms with Crippen LogP contribution >= 0.6 is 11.8 Å². The summed E-state index contributed by atoms with van der Waals surface area (Å²) in [5.74, 6) is 1.22. The van der Waals surface area contributed by atoms with Gasteiger partial charge in [0.15, 0.2) is 0 Å². The van der Waals surface area contributed by atoms with Crippen LogP contribution in [0.15, 0.2) is 18.2 Å². The number of nitrogens with one attached hydrogen (secondary N) is 1. The van der Waals surface area contributed by atoms with E-state index < -0.39 is 12.0 Å². The van der Waals surface area contributed by atoms with Gasteiger partial charge in [0, 0.05) is 11.3 Å². The van der Waals surface area contributed by atoms with Crippen LogP contribution in [0.4, 0.5) is 0 Å². The van der Waals surface area contributed by atoms with Crippen molar-refractivity contribution >= 4 is 24.1 Å². The normalized spacial score (nSPS) is 11.7. The molecule has 0 aliphatic carbocycles. The smallest absolute Gasteiger partial charge is 0.326 e. The molecule has 0 spiro atoms. The predicted molar refractivity (Wildman–Crippen MR) is 79.1 cm³/mol. The minimum Gasteiger partial charge on any atom is -0.496 e. The van der Waals surface area contributed by atoms with E-state index >= 15 is 0 Å². The standard InChI is InChI=1S/C14H19NO4S/c1-10-3-4-13(19-2)11(7-10)8-20-6-5-12(14(17)18)15-9-16/h3-4,7,9,12H,5-6,8H2,1-2H3,(H,15,16)(H,17,18). The molecule has 6 heteroatoms. The maximum Gasteiger partial charge on any atom is 0.326 e. The predicted octanol–water partition coefficient (Wildman–Crippen LogP) is 1.83. The fourth-order valence-electron chi connectivity index (χ4n) is 1.76. The summed E-state index contributed by atoms with van der Waals surface area (Å²) < 4.78 is 5.29. The van der Waals surface area contributed by atoms with Gasteiger partial charge in [-0.05, 0) is 25.2 Å². The lowest BCUT2D eigenvalue weighted by Crippen LogP contribution is -2.36. The van der Waals surface area contributed by atoms with Crippen molar-refractivity contribution in [2.24, 2.45) is 0 Å². The molecule has 0 saturated heterocycles. The molecule has 0 aromatic heterocycles. The lowest BCUT2D eigenvalue weighted by atomic mass is 10.1. The number of benzene rings is 1. The highest BCUT2D eigenvalue weighted by Crippen LogP contribution is 2.24. The lowest BCUT2D eigenvalue weighted by Gasteiger charge is -2.12. The van der Waals surface area contributed by atoms with E-state index in [1.165, 1.54) is 0 Å². The molecule has 5 nitrogen and oxygen atoms in total. The summed E-state index contributed by atoms with van der Waals surface area (Å²) >= 11 is 1.62. The van der Waals surface area contributed by atoms with E-state index in [0.29, 0.717) is 18.6 Å². The van der Waals surface area contributed by atoms with Crippen molar-refractivity contribution in [3.63, 3.8) is 0 Å². The van der Waals surface area contributed by atoms with E-state index in [0.717, 1.165) is 22.6 Å². The molecule has 0 bridgehead atoms. The van der Waals surface area contributed by atoms with Crippen LogP contribution in [0.1, 0.15) is 17.5 Å². The topological polar surface area (TPSA) is 75.6 Å². The van der Waals surface area contributed by atoms with Crippen molar-refractivity contribution in [3.05, 3.63) is 29.3 Å². The Morgan fingerprint density at radius 2 is 2.30 bits per heavy atom. The third-order valence-corrected chi connectivity index (χ3v) is 3.85. The molecule has 0 saturated carbocycles. The maximum absolute atomic E-state index is 10.8. The number of amides is 1. The first kappa shape index (κ1) is 16.4. The Kier molecular flexibility index (Phi) is 6.93. The monoisotopic (exact) mass is 297 g/mol. The van der Waals surface area contributed by atoms with Crippen LogP contribution in [0.5, 0.6) is 5.75 Å². The Hall–Kier alpha value is -1.69. The third kappa shape index (κ3) is 5.13. The molecule has 0 aliphatic rings. The Morgan fingerprint density at radius 1 is 1.55 bits per heavy atom. The minimum atomic E-state index is -1.01. The molecule has 0 heterocycles. The van der Waals surface area contributed by atoms with Gasteiger partial charge in [0.25, 0.3) is 0 Å². The highest BCUT2D eigenvalue weighted by atomic mass is 32.2. The van der Waals surface area contributed by atoms with Gasteiger partial charge in [0.2, 0.25) is 6.41 Å². The van der Waals surface area contributed by atoms with Crippen molar-refractivity contribution in [3.8, 4) is 5.75 Å². The molecular weight excluding hydrogens is 278 g/mol. The number of rotatable bonds is 9. The number of aryl methyl sites for hydroxylation is 1. The highest BCUT2D eigenvalue weighted by Gasteiger charge is 2.15. The van der Waals surface area contributed by atoms with Crippen LogP contribution in [-0.4, -0.2) is 36.4 Å². The van der Waals surface area contributed by atoms with Crippen molar-refractivity contribution in [2.75, 3.05) is 12.9 Å². The number of ether oxygens (including phenoxy) is 1. The van der Waals surface area contributed by atoms with Crippen LogP contribution in [-0.2, 0) is 15.3 Å². The van der Waals surface area contributed by atoms with E-state index in [1.807, 2.05) is 19.1 Å². The zero-order valence-corrected chi connectivity index (χ0v) is 12.4. The van der Waals surface area contributed by atoms with Gasteiger partial charge in [-0.25, -0.2) is 4.79 Å². The summed E-state index contributed by atoms with van der Waals surface area (Å²) in [6.07, 6.45) is 0.819. The SMILES string of the molecule is COc1ccc(C)cc1CSCCC(NC=O)C(=O)O. The fraction of sp³-hybridized carbons (Fsp3) is 0.429. The molecule has 1 rings (SSSR count). The molecule has 0 radical (unpaired) electrons. The summed E-state index contributed by atoms with van der Waals surface area (Å²) in [5.41, 5.74) is 2.25. The second kappa shape index (κ2) is 8.47. The lowest BCUT2D eigenvalue weighted by molar-refractivity contribution is -0.140. The number of carbonyl (C=O) groups is 2. The van der Waals surface area contributed by atoms with Gasteiger partial charge < -0.3 is 15.2 Å². The van der Waals surface area contributed by atoms with E-state index in [-0.39, 0.29) is 0 Å². The molecule has 2 N–H and O–H groups in total. The first-order valence-corrected chi connectivity index (χ1v) is 7.37. The van der Waals surface area contributed by atoms with E-state index in [2.05, 4.69) is 11.4 Å². The number of methoxy groups -OCH3 is 1. The first-order chi connectivity index (χ1) is 9.58. The zero-order valence-electron chi connectivity index (χ0n) is 11.6. The molecule has 1 atom stereocenters. The van der Waals surface area contributed by atoms with Gasteiger partial charge in [0.05, 0.1) is 7.11 Å². The van der Waals surface area contributed by atoms with E-state index in [4.69, 9.17) is 9.84 Å². The molecule has 1 amide bonds. The van der Waals surface area contributed by atoms with E-state index in [1.54, 1.807) is 18.9 Å². The quantitative estimate of drug-likeness (QED) is 0.537. The Balaban J connectivity index is 2.46. The summed E-state index contributed by atoms with van der Waals surface area (Å²) in [4.78, 5) is 21.1. The van der Waals surface area contributed by atoms with Crippen LogP contribution in [0.2, 0.25) is 0 Å². The summed E-state index contributed by atoms with van der Waals surface area (Å²) in [7, 11) is 1.63. The zero-order chi connectivity index (χ0) is 15.0. The molecule has 1 aromatic carbocycles. The number of aliphatic carboxylic acids is 1. The van der Waals surface area contributed by atoms with Gasteiger partial charge in [0.1, 0.15) is 11.8 Å². The maximum atomic E-state index is 10.8. The average molecular weight is 297 g/mol. The number of thioether (sulfide) groups is 1. The van der Waals surface area contributed by atoms with Gasteiger partial charge >= 0.3 is 5.97 Å². The van der Waals surface area contributed by atoms with Crippen molar-refractivity contribution in [2.45, 2.75) is 25.1 Å². The van der Waals surface area contributed by atoms with Crippen molar-refractivity contribution in [1.29, 1.82) is 0 Å². The van der Waals surface area contributed by atoms with Crippen LogP contribution in [0, 0.1) is 6.92 Å². The number of carboxylic acid groups (broad SMARTS) is 1. The molecule has 0 aliphatic heterocycles. The summed E-state index contributed by atoms with van der Waals surface area (Å²) in [6, 6.07) is 5.16. The van der Waals surface area contributed by atoms with Gasteiger partial charge in [-0.2, -0.15) is 11.8 Å². The Labute approximate surface area is 122 Å². The molecule has 110 valence electrons. The van der Waals surface area contributed by atoms with Crippen molar-refractivity contribution < 1.29 is 19.4 Å². The average Bonchev–Trinajstić information content (AvgIpc) is 2.42. The fourth-order valence-corrected chi connectivity index (χ4v) is 2.76. The van der Waals surface area contributed by atoms with E-state index in [9.17, 15) is 9.59 Å². The largest absolute Gasteiger partial charge is 0.496 e. The van der Waals surface area contributed by atoms with Gasteiger partial charge in [-0.1, -0.05) is 17.7 Å². The molecule has 1 aromatic rings. The van der Waals surface area contributed by atoms with Crippen molar-refractivity contribution in [1.82, 2.24) is 5.32 Å². The Morgan fingerprint density at radius 3 is 2.90 bits per heavy atom. The van der Waals surface area contributed by atoms with Crippen LogP contribution in [0.3, 0.4) is 0 Å². The first-order valence-electron chi connectivity index (χ1n) is 6.22. The number of hydrogen-bond donors (Lipinski definition) is 2. The molecule has 20 heavy (non-hydrogen) atoms. The minimum absolute atomic E-state index is 0.396. The Bertz CT molecular complexity index is 464. The van der Waals surface area contributed by atoms with Gasteiger partial charge in [-0.15, -0.1) is 0 Å². The second-order valence-electron chi connectivity index (χ2n) is 4.33. The van der Waals surface area contributed by atoms with Gasteiger partial charge in [-0.3, -0.25) is 4.79 Å². The molecule has 0 fully saturated rings. The number of hydrogen-bond acceptors (Lipinski definition) is 4. The summed E-state index contributed by atoms with van der Waals surface area (Å²) in [5, 5.41) is 11.2. The number of carbonyl (C=O) groups excluding carboxylic acids is 1. The van der Waals surface area contributed by atoms with Crippen LogP contribution in [0.25, 0.3) is 0 Å².